The first kappa shape index (κ1) is 25.7. The van der Waals surface area contributed by atoms with Crippen molar-refractivity contribution in [3.05, 3.63) is 101 Å². The van der Waals surface area contributed by atoms with Gasteiger partial charge in [0.2, 0.25) is 0 Å². The second-order valence-corrected chi connectivity index (χ2v) is 11.4. The van der Waals surface area contributed by atoms with Crippen molar-refractivity contribution < 1.29 is 13.9 Å². The summed E-state index contributed by atoms with van der Waals surface area (Å²) in [5.74, 6) is -0.368. The van der Waals surface area contributed by atoms with E-state index in [0.717, 1.165) is 61.4 Å². The van der Waals surface area contributed by atoms with Crippen molar-refractivity contribution >= 4 is 17.2 Å². The lowest BCUT2D eigenvalue weighted by atomic mass is 9.59. The molecule has 2 aliphatic heterocycles. The number of nitrogens with one attached hydrogen (secondary N) is 1. The third-order valence-electron chi connectivity index (χ3n) is 8.28. The van der Waals surface area contributed by atoms with Gasteiger partial charge in [-0.2, -0.15) is 0 Å². The van der Waals surface area contributed by atoms with Crippen LogP contribution in [0.1, 0.15) is 52.9 Å². The van der Waals surface area contributed by atoms with Crippen molar-refractivity contribution in [3.8, 4) is 0 Å². The summed E-state index contributed by atoms with van der Waals surface area (Å²) in [5, 5.41) is 3.12. The number of ether oxygens (including phenoxy) is 1. The van der Waals surface area contributed by atoms with E-state index in [4.69, 9.17) is 4.74 Å². The monoisotopic (exact) mass is 526 g/mol. The van der Waals surface area contributed by atoms with Gasteiger partial charge in [0, 0.05) is 37.8 Å². The topological polar surface area (TPSA) is 57.7 Å². The van der Waals surface area contributed by atoms with Gasteiger partial charge in [-0.15, -0.1) is 0 Å². The first-order valence-electron chi connectivity index (χ1n) is 13.7. The van der Waals surface area contributed by atoms with Crippen LogP contribution in [-0.4, -0.2) is 62.2 Å². The lowest BCUT2D eigenvalue weighted by Crippen LogP contribution is -2.58. The summed E-state index contributed by atoms with van der Waals surface area (Å²) in [6.07, 6.45) is 5.60. The van der Waals surface area contributed by atoms with Crippen LogP contribution in [0.5, 0.6) is 0 Å². The van der Waals surface area contributed by atoms with E-state index >= 15 is 0 Å². The number of morpholine rings is 1. The number of hydrogen-bond acceptors (Lipinski definition) is 5. The number of allylic oxidation sites excluding steroid dienone is 1. The minimum Gasteiger partial charge on any atom is -0.378 e. The molecule has 202 valence electrons. The third-order valence-corrected chi connectivity index (χ3v) is 8.28. The zero-order valence-electron chi connectivity index (χ0n) is 22.6. The normalized spacial score (nSPS) is 19.3. The molecule has 1 atom stereocenters. The van der Waals surface area contributed by atoms with Crippen molar-refractivity contribution in [2.24, 2.45) is 5.41 Å². The number of nitrogens with zero attached hydrogens (tertiary/aromatic N) is 3. The molecule has 2 saturated heterocycles. The Labute approximate surface area is 229 Å². The maximum atomic E-state index is 13.7. The van der Waals surface area contributed by atoms with Crippen LogP contribution in [0.2, 0.25) is 0 Å². The van der Waals surface area contributed by atoms with E-state index in [2.05, 4.69) is 51.4 Å². The predicted molar refractivity (Wildman–Crippen MR) is 151 cm³/mol. The fraction of sp³-hybridized carbons (Fsp3) is 0.375. The molecular weight excluding hydrogens is 491 g/mol. The van der Waals surface area contributed by atoms with Gasteiger partial charge in [-0.1, -0.05) is 42.0 Å². The van der Waals surface area contributed by atoms with Gasteiger partial charge in [0.15, 0.2) is 0 Å². The molecule has 3 aliphatic rings. The smallest absolute Gasteiger partial charge is 0.253 e. The SMILES string of the molecule is C[C@@H](NC(=O)c1cncc(N2CCOCC2)c1)c1ccc(C(=C2CC3(C2)CN(C)C3)c2ccc(F)cc2)cc1. The Hall–Kier alpha value is -3.55. The van der Waals surface area contributed by atoms with Crippen LogP contribution >= 0.6 is 0 Å². The summed E-state index contributed by atoms with van der Waals surface area (Å²) >= 11 is 0. The number of amides is 1. The average molecular weight is 527 g/mol. The molecule has 0 radical (unpaired) electrons. The first-order valence-corrected chi connectivity index (χ1v) is 13.7. The van der Waals surface area contributed by atoms with Crippen LogP contribution in [0.3, 0.4) is 0 Å². The molecule has 1 N–H and O–H groups in total. The molecule has 1 spiro atoms. The molecule has 1 aliphatic carbocycles. The van der Waals surface area contributed by atoms with Crippen LogP contribution in [-0.2, 0) is 4.74 Å². The number of carbonyl (C=O) groups excluding carboxylic acids is 1. The number of benzene rings is 2. The number of carbonyl (C=O) groups is 1. The highest BCUT2D eigenvalue weighted by Gasteiger charge is 2.49. The Balaban J connectivity index is 1.18. The van der Waals surface area contributed by atoms with Gasteiger partial charge in [0.1, 0.15) is 5.82 Å². The molecule has 6 nitrogen and oxygen atoms in total. The Morgan fingerprint density at radius 3 is 2.26 bits per heavy atom. The lowest BCUT2D eigenvalue weighted by molar-refractivity contribution is -0.0106. The highest BCUT2D eigenvalue weighted by Crippen LogP contribution is 2.54. The predicted octanol–water partition coefficient (Wildman–Crippen LogP) is 5.08. The maximum absolute atomic E-state index is 13.7. The van der Waals surface area contributed by atoms with Crippen LogP contribution in [0.15, 0.2) is 72.6 Å². The molecule has 3 fully saturated rings. The zero-order chi connectivity index (χ0) is 27.0. The highest BCUT2D eigenvalue weighted by molar-refractivity contribution is 5.95. The van der Waals surface area contributed by atoms with Gasteiger partial charge in [0.25, 0.3) is 5.91 Å². The fourth-order valence-electron chi connectivity index (χ4n) is 6.39. The van der Waals surface area contributed by atoms with Crippen molar-refractivity contribution in [1.29, 1.82) is 0 Å². The maximum Gasteiger partial charge on any atom is 0.253 e. The van der Waals surface area contributed by atoms with Gasteiger partial charge in [0.05, 0.1) is 36.7 Å². The summed E-state index contributed by atoms with van der Waals surface area (Å²) in [4.78, 5) is 21.9. The molecule has 3 aromatic rings. The lowest BCUT2D eigenvalue weighted by Gasteiger charge is -2.56. The van der Waals surface area contributed by atoms with Crippen molar-refractivity contribution in [2.45, 2.75) is 25.8 Å². The Kier molecular flexibility index (Phi) is 6.95. The van der Waals surface area contributed by atoms with E-state index in [1.165, 1.54) is 23.3 Å². The van der Waals surface area contributed by atoms with E-state index in [0.29, 0.717) is 24.2 Å². The van der Waals surface area contributed by atoms with Crippen molar-refractivity contribution in [2.75, 3.05) is 51.3 Å². The standard InChI is InChI=1S/C32H35FN4O2/c1-22(35-31(38)26-15-29(19-34-18-26)37-11-13-39-14-12-37)23-3-5-24(6-4-23)30(25-7-9-28(33)10-8-25)27-16-32(17-27)20-36(2)21-32/h3-10,15,18-19,22H,11-14,16-17,20-21H2,1-2H3,(H,35,38)/t22-/m1/s1. The van der Waals surface area contributed by atoms with Crippen LogP contribution < -0.4 is 10.2 Å². The van der Waals surface area contributed by atoms with Crippen LogP contribution in [0, 0.1) is 11.2 Å². The molecule has 1 aromatic heterocycles. The van der Waals surface area contributed by atoms with Crippen LogP contribution in [0.4, 0.5) is 10.1 Å². The number of halogens is 1. The number of pyridine rings is 1. The largest absolute Gasteiger partial charge is 0.378 e. The molecule has 7 heteroatoms. The van der Waals surface area contributed by atoms with Gasteiger partial charge >= 0.3 is 0 Å². The molecular formula is C32H35FN4O2. The minimum absolute atomic E-state index is 0.145. The summed E-state index contributed by atoms with van der Waals surface area (Å²) in [6, 6.07) is 17.0. The van der Waals surface area contributed by atoms with Gasteiger partial charge < -0.3 is 19.9 Å². The van der Waals surface area contributed by atoms with Crippen LogP contribution in [0.25, 0.3) is 5.57 Å². The average Bonchev–Trinajstić information content (AvgIpc) is 2.93. The van der Waals surface area contributed by atoms with E-state index in [1.807, 2.05) is 25.1 Å². The Morgan fingerprint density at radius 1 is 0.974 bits per heavy atom. The van der Waals surface area contributed by atoms with Gasteiger partial charge in [-0.25, -0.2) is 4.39 Å². The van der Waals surface area contributed by atoms with E-state index in [9.17, 15) is 9.18 Å². The summed E-state index contributed by atoms with van der Waals surface area (Å²) in [7, 11) is 2.17. The third kappa shape index (κ3) is 5.34. The molecule has 0 bridgehead atoms. The summed E-state index contributed by atoms with van der Waals surface area (Å²) in [6.45, 7) is 7.24. The van der Waals surface area contributed by atoms with Crippen molar-refractivity contribution in [1.82, 2.24) is 15.2 Å². The number of hydrogen-bond donors (Lipinski definition) is 1. The first-order chi connectivity index (χ1) is 18.9. The second-order valence-electron chi connectivity index (χ2n) is 11.4. The number of anilines is 1. The molecule has 0 unspecified atom stereocenters. The number of rotatable bonds is 6. The van der Waals surface area contributed by atoms with Gasteiger partial charge in [-0.3, -0.25) is 9.78 Å². The second kappa shape index (κ2) is 10.5. The molecule has 3 heterocycles. The Morgan fingerprint density at radius 2 is 1.62 bits per heavy atom. The number of likely N-dealkylation sites (tertiary alicyclic amines) is 1. The van der Waals surface area contributed by atoms with Gasteiger partial charge in [-0.05, 0) is 67.3 Å². The summed E-state index contributed by atoms with van der Waals surface area (Å²) < 4.78 is 19.1. The molecule has 1 amide bonds. The van der Waals surface area contributed by atoms with E-state index in [1.54, 1.807) is 12.4 Å². The highest BCUT2D eigenvalue weighted by atomic mass is 19.1. The van der Waals surface area contributed by atoms with E-state index in [-0.39, 0.29) is 17.8 Å². The molecule has 39 heavy (non-hydrogen) atoms. The quantitative estimate of drug-likeness (QED) is 0.486. The minimum atomic E-state index is -0.223. The fourth-order valence-corrected chi connectivity index (χ4v) is 6.39. The zero-order valence-corrected chi connectivity index (χ0v) is 22.6. The summed E-state index contributed by atoms with van der Waals surface area (Å²) in [5.41, 5.74) is 7.77. The van der Waals surface area contributed by atoms with E-state index < -0.39 is 0 Å². The molecule has 2 aromatic carbocycles. The Bertz CT molecular complexity index is 1360. The van der Waals surface area contributed by atoms with Crippen molar-refractivity contribution in [3.63, 3.8) is 0 Å². The molecule has 1 saturated carbocycles. The number of aromatic nitrogens is 1. The molecule has 6 rings (SSSR count).